The fourth-order valence-electron chi connectivity index (χ4n) is 1.30. The Kier molecular flexibility index (Phi) is 3.81. The summed E-state index contributed by atoms with van der Waals surface area (Å²) in [6, 6.07) is 4.54. The van der Waals surface area contributed by atoms with Gasteiger partial charge < -0.3 is 10.4 Å². The average molecular weight is 277 g/mol. The molecule has 0 bridgehead atoms. The standard InChI is InChI=1S/C11H11N5O2S/c1-6-12-11(19-16-6)15-14-8-3-4-10(18)9(5-8)13-7(2)17/h3-5,18H,1-2H3,(H,13,17)/b15-14+. The summed E-state index contributed by atoms with van der Waals surface area (Å²) in [5, 5.41) is 20.4. The Morgan fingerprint density at radius 3 is 2.84 bits per heavy atom. The zero-order valence-electron chi connectivity index (χ0n) is 10.3. The van der Waals surface area contributed by atoms with Crippen molar-refractivity contribution in [3.05, 3.63) is 24.0 Å². The molecular formula is C11H11N5O2S. The summed E-state index contributed by atoms with van der Waals surface area (Å²) >= 11 is 1.15. The number of aromatic nitrogens is 2. The van der Waals surface area contributed by atoms with Gasteiger partial charge in [-0.25, -0.2) is 4.98 Å². The van der Waals surface area contributed by atoms with E-state index in [2.05, 4.69) is 24.9 Å². The predicted molar refractivity (Wildman–Crippen MR) is 71.2 cm³/mol. The van der Waals surface area contributed by atoms with Crippen LogP contribution in [0, 0.1) is 6.92 Å². The lowest BCUT2D eigenvalue weighted by Crippen LogP contribution is -2.05. The summed E-state index contributed by atoms with van der Waals surface area (Å²) in [5.74, 6) is 0.341. The lowest BCUT2D eigenvalue weighted by Gasteiger charge is -2.04. The number of hydrogen-bond acceptors (Lipinski definition) is 7. The minimum atomic E-state index is -0.274. The number of aromatic hydroxyl groups is 1. The Morgan fingerprint density at radius 2 is 2.21 bits per heavy atom. The summed E-state index contributed by atoms with van der Waals surface area (Å²) in [4.78, 5) is 15.0. The topological polar surface area (TPSA) is 99.8 Å². The number of phenolic OH excluding ortho intramolecular Hbond substituents is 1. The number of hydrogen-bond donors (Lipinski definition) is 2. The first kappa shape index (κ1) is 13.1. The second-order valence-electron chi connectivity index (χ2n) is 3.71. The first-order valence-electron chi connectivity index (χ1n) is 5.37. The van der Waals surface area contributed by atoms with Crippen LogP contribution in [0.4, 0.5) is 16.5 Å². The van der Waals surface area contributed by atoms with Crippen LogP contribution in [0.25, 0.3) is 0 Å². The number of nitrogens with zero attached hydrogens (tertiary/aromatic N) is 4. The monoisotopic (exact) mass is 277 g/mol. The molecule has 1 amide bonds. The summed E-state index contributed by atoms with van der Waals surface area (Å²) in [7, 11) is 0. The van der Waals surface area contributed by atoms with Gasteiger partial charge in [0.15, 0.2) is 0 Å². The summed E-state index contributed by atoms with van der Waals surface area (Å²) < 4.78 is 3.98. The molecule has 0 atom stereocenters. The van der Waals surface area contributed by atoms with Gasteiger partial charge in [0.05, 0.1) is 11.4 Å². The van der Waals surface area contributed by atoms with E-state index >= 15 is 0 Å². The van der Waals surface area contributed by atoms with E-state index < -0.39 is 0 Å². The molecule has 0 fully saturated rings. The van der Waals surface area contributed by atoms with Gasteiger partial charge in [0.2, 0.25) is 11.0 Å². The van der Waals surface area contributed by atoms with Gasteiger partial charge in [0.1, 0.15) is 11.6 Å². The van der Waals surface area contributed by atoms with Crippen LogP contribution >= 0.6 is 11.5 Å². The van der Waals surface area contributed by atoms with Gasteiger partial charge in [-0.1, -0.05) is 0 Å². The fourth-order valence-corrected chi connectivity index (χ4v) is 1.81. The van der Waals surface area contributed by atoms with E-state index in [1.165, 1.54) is 19.1 Å². The molecule has 0 spiro atoms. The third-order valence-electron chi connectivity index (χ3n) is 2.06. The second kappa shape index (κ2) is 5.53. The van der Waals surface area contributed by atoms with E-state index in [1.54, 1.807) is 13.0 Å². The lowest BCUT2D eigenvalue weighted by atomic mass is 10.2. The normalized spacial score (nSPS) is 10.8. The molecule has 1 heterocycles. The molecule has 0 radical (unpaired) electrons. The molecule has 98 valence electrons. The number of azo groups is 1. The van der Waals surface area contributed by atoms with Crippen molar-refractivity contribution in [1.29, 1.82) is 0 Å². The number of rotatable bonds is 3. The minimum absolute atomic E-state index is 0.0269. The summed E-state index contributed by atoms with van der Waals surface area (Å²) in [6.07, 6.45) is 0. The van der Waals surface area contributed by atoms with E-state index in [0.29, 0.717) is 16.6 Å². The minimum Gasteiger partial charge on any atom is -0.506 e. The number of nitrogens with one attached hydrogen (secondary N) is 1. The SMILES string of the molecule is CC(=O)Nc1cc(/N=N/c2nc(C)ns2)ccc1O. The van der Waals surface area contributed by atoms with Gasteiger partial charge in [-0.05, 0) is 25.1 Å². The Hall–Kier alpha value is -2.35. The maximum absolute atomic E-state index is 11.0. The van der Waals surface area contributed by atoms with Crippen LogP contribution < -0.4 is 5.32 Å². The van der Waals surface area contributed by atoms with E-state index in [-0.39, 0.29) is 17.3 Å². The first-order valence-corrected chi connectivity index (χ1v) is 6.14. The summed E-state index contributed by atoms with van der Waals surface area (Å²) in [5.41, 5.74) is 0.784. The number of amides is 1. The second-order valence-corrected chi connectivity index (χ2v) is 4.44. The van der Waals surface area contributed by atoms with Crippen molar-refractivity contribution in [3.63, 3.8) is 0 Å². The van der Waals surface area contributed by atoms with Crippen LogP contribution in [-0.2, 0) is 4.79 Å². The van der Waals surface area contributed by atoms with E-state index in [9.17, 15) is 9.90 Å². The number of carbonyl (C=O) groups excluding carboxylic acids is 1. The third kappa shape index (κ3) is 3.55. The van der Waals surface area contributed by atoms with Crippen LogP contribution in [0.15, 0.2) is 28.4 Å². The highest BCUT2D eigenvalue weighted by atomic mass is 32.1. The van der Waals surface area contributed by atoms with Crippen molar-refractivity contribution in [2.45, 2.75) is 13.8 Å². The van der Waals surface area contributed by atoms with Crippen molar-refractivity contribution >= 4 is 33.9 Å². The van der Waals surface area contributed by atoms with Crippen LogP contribution in [-0.4, -0.2) is 20.4 Å². The Bertz CT molecular complexity index is 638. The van der Waals surface area contributed by atoms with E-state index in [0.717, 1.165) is 11.5 Å². The molecule has 7 nitrogen and oxygen atoms in total. The highest BCUT2D eigenvalue weighted by molar-refractivity contribution is 7.09. The number of phenols is 1. The molecule has 0 aliphatic rings. The first-order chi connectivity index (χ1) is 9.04. The zero-order valence-corrected chi connectivity index (χ0v) is 11.1. The Morgan fingerprint density at radius 1 is 1.42 bits per heavy atom. The van der Waals surface area contributed by atoms with Gasteiger partial charge in [-0.15, -0.1) is 10.2 Å². The van der Waals surface area contributed by atoms with Crippen molar-refractivity contribution in [1.82, 2.24) is 9.36 Å². The Balaban J connectivity index is 2.21. The highest BCUT2D eigenvalue weighted by Gasteiger charge is 2.04. The number of anilines is 1. The number of carbonyl (C=O) groups is 1. The van der Waals surface area contributed by atoms with Crippen LogP contribution in [0.1, 0.15) is 12.7 Å². The molecule has 2 N–H and O–H groups in total. The van der Waals surface area contributed by atoms with Crippen LogP contribution in [0.3, 0.4) is 0 Å². The number of aryl methyl sites for hydroxylation is 1. The van der Waals surface area contributed by atoms with Crippen LogP contribution in [0.5, 0.6) is 5.75 Å². The van der Waals surface area contributed by atoms with E-state index in [4.69, 9.17) is 0 Å². The molecule has 0 unspecified atom stereocenters. The molecule has 1 aromatic heterocycles. The molecule has 0 aliphatic heterocycles. The van der Waals surface area contributed by atoms with Gasteiger partial charge >= 0.3 is 0 Å². The highest BCUT2D eigenvalue weighted by Crippen LogP contribution is 2.29. The van der Waals surface area contributed by atoms with Crippen molar-refractivity contribution in [2.75, 3.05) is 5.32 Å². The Labute approximate surface area is 113 Å². The van der Waals surface area contributed by atoms with Crippen molar-refractivity contribution < 1.29 is 9.90 Å². The van der Waals surface area contributed by atoms with Gasteiger partial charge in [0, 0.05) is 18.5 Å². The third-order valence-corrected chi connectivity index (χ3v) is 2.75. The lowest BCUT2D eigenvalue weighted by molar-refractivity contribution is -0.114. The quantitative estimate of drug-likeness (QED) is 0.665. The molecule has 0 aliphatic carbocycles. The zero-order chi connectivity index (χ0) is 13.8. The molecule has 0 saturated carbocycles. The maximum atomic E-state index is 11.0. The van der Waals surface area contributed by atoms with Crippen LogP contribution in [0.2, 0.25) is 0 Å². The molecule has 1 aromatic carbocycles. The smallest absolute Gasteiger partial charge is 0.249 e. The van der Waals surface area contributed by atoms with Gasteiger partial charge in [0.25, 0.3) is 0 Å². The molecule has 0 saturated heterocycles. The average Bonchev–Trinajstić information content (AvgIpc) is 2.75. The molecule has 2 rings (SSSR count). The van der Waals surface area contributed by atoms with E-state index in [1.807, 2.05) is 0 Å². The fraction of sp³-hybridized carbons (Fsp3) is 0.182. The molecule has 19 heavy (non-hydrogen) atoms. The number of benzene rings is 1. The summed E-state index contributed by atoms with van der Waals surface area (Å²) in [6.45, 7) is 3.13. The van der Waals surface area contributed by atoms with Gasteiger partial charge in [-0.2, -0.15) is 4.37 Å². The largest absolute Gasteiger partial charge is 0.506 e. The molecular weight excluding hydrogens is 266 g/mol. The molecule has 8 heteroatoms. The van der Waals surface area contributed by atoms with Crippen molar-refractivity contribution in [2.24, 2.45) is 10.2 Å². The van der Waals surface area contributed by atoms with Crippen molar-refractivity contribution in [3.8, 4) is 5.75 Å². The molecule has 2 aromatic rings. The maximum Gasteiger partial charge on any atom is 0.249 e. The van der Waals surface area contributed by atoms with Gasteiger partial charge in [-0.3, -0.25) is 4.79 Å². The predicted octanol–water partition coefficient (Wildman–Crippen LogP) is 2.93.